The summed E-state index contributed by atoms with van der Waals surface area (Å²) < 4.78 is 22.3. The van der Waals surface area contributed by atoms with Crippen molar-refractivity contribution in [3.63, 3.8) is 0 Å². The van der Waals surface area contributed by atoms with Crippen LogP contribution in [0.15, 0.2) is 54.6 Å². The Bertz CT molecular complexity index is 948. The van der Waals surface area contributed by atoms with Gasteiger partial charge < -0.3 is 14.2 Å². The van der Waals surface area contributed by atoms with Crippen molar-refractivity contribution in [2.45, 2.75) is 82.4 Å². The number of likely N-dealkylation sites (N-methyl/N-ethyl adjacent to an activating group) is 1. The van der Waals surface area contributed by atoms with Gasteiger partial charge in [0.25, 0.3) is 5.91 Å². The van der Waals surface area contributed by atoms with Gasteiger partial charge in [-0.1, -0.05) is 61.7 Å². The third-order valence-electron chi connectivity index (χ3n) is 7.45. The van der Waals surface area contributed by atoms with Crippen LogP contribution in [0.1, 0.15) is 77.8 Å². The van der Waals surface area contributed by atoms with Gasteiger partial charge in [-0.3, -0.25) is 4.79 Å². The number of amides is 1. The molecule has 5 nitrogen and oxygen atoms in total. The molecule has 1 aliphatic rings. The van der Waals surface area contributed by atoms with Crippen molar-refractivity contribution < 1.29 is 14.1 Å². The van der Waals surface area contributed by atoms with Crippen LogP contribution in [0.4, 0.5) is 0 Å². The number of carbonyl (C=O) groups excluding carboxylic acids is 1. The SMILES string of the molecule is CCN(CC)C(=O)[C@](N[S+]([O-])C(C)(C)C)(c1ccccc1)C1(c2ccc(OC)cc2)CCCCC1. The van der Waals surface area contributed by atoms with Gasteiger partial charge in [-0.2, -0.15) is 0 Å². The summed E-state index contributed by atoms with van der Waals surface area (Å²) in [6.45, 7) is 11.1. The van der Waals surface area contributed by atoms with Crippen LogP contribution in [0, 0.1) is 0 Å². The molecule has 1 amide bonds. The molecule has 6 heteroatoms. The van der Waals surface area contributed by atoms with E-state index in [0.29, 0.717) is 13.1 Å². The van der Waals surface area contributed by atoms with Crippen molar-refractivity contribution in [2.24, 2.45) is 0 Å². The fourth-order valence-electron chi connectivity index (χ4n) is 5.48. The predicted octanol–water partition coefficient (Wildman–Crippen LogP) is 5.71. The second-order valence-electron chi connectivity index (χ2n) is 10.4. The van der Waals surface area contributed by atoms with E-state index in [4.69, 9.17) is 4.74 Å². The quantitative estimate of drug-likeness (QED) is 0.450. The minimum atomic E-state index is -1.48. The highest BCUT2D eigenvalue weighted by Crippen LogP contribution is 2.53. The van der Waals surface area contributed by atoms with Gasteiger partial charge in [-0.25, -0.2) is 0 Å². The van der Waals surface area contributed by atoms with Crippen LogP contribution < -0.4 is 9.46 Å². The highest BCUT2D eigenvalue weighted by atomic mass is 32.2. The van der Waals surface area contributed by atoms with Crippen LogP contribution in [0.25, 0.3) is 0 Å². The zero-order valence-electron chi connectivity index (χ0n) is 22.2. The Kier molecular flexibility index (Phi) is 8.95. The third kappa shape index (κ3) is 5.25. The molecule has 1 unspecified atom stereocenters. The topological polar surface area (TPSA) is 64.6 Å². The number of rotatable bonds is 9. The number of nitrogens with zero attached hydrogens (tertiary/aromatic N) is 1. The van der Waals surface area contributed by atoms with E-state index in [-0.39, 0.29) is 5.91 Å². The van der Waals surface area contributed by atoms with Crippen LogP contribution >= 0.6 is 0 Å². The molecule has 0 spiro atoms. The first kappa shape index (κ1) is 27.6. The average Bonchev–Trinajstić information content (AvgIpc) is 2.88. The van der Waals surface area contributed by atoms with Crippen LogP contribution in [-0.4, -0.2) is 40.3 Å². The second kappa shape index (κ2) is 11.4. The summed E-state index contributed by atoms with van der Waals surface area (Å²) in [6.07, 6.45) is 4.81. The molecule has 2 aromatic carbocycles. The smallest absolute Gasteiger partial charge is 0.252 e. The molecule has 192 valence electrons. The van der Waals surface area contributed by atoms with Crippen LogP contribution in [0.3, 0.4) is 0 Å². The third-order valence-corrected chi connectivity index (χ3v) is 9.05. The van der Waals surface area contributed by atoms with Crippen molar-refractivity contribution in [1.29, 1.82) is 0 Å². The number of nitrogens with one attached hydrogen (secondary N) is 1. The number of hydrogen-bond donors (Lipinski definition) is 1. The first-order chi connectivity index (χ1) is 16.7. The molecule has 2 atom stereocenters. The van der Waals surface area contributed by atoms with E-state index in [2.05, 4.69) is 16.9 Å². The maximum absolute atomic E-state index is 14.8. The molecule has 0 aliphatic heterocycles. The van der Waals surface area contributed by atoms with Gasteiger partial charge in [-0.05, 0) is 70.7 Å². The monoisotopic (exact) mass is 498 g/mol. The summed E-state index contributed by atoms with van der Waals surface area (Å²) in [5.41, 5.74) is 0.195. The summed E-state index contributed by atoms with van der Waals surface area (Å²) >= 11 is -1.48. The molecule has 0 radical (unpaired) electrons. The molecule has 1 N–H and O–H groups in total. The molecular formula is C29H42N2O3S. The van der Waals surface area contributed by atoms with E-state index in [1.54, 1.807) is 7.11 Å². The standard InChI is InChI=1S/C29H42N2O3S/c1-7-31(8-2)26(32)29(24-15-11-9-12-16-24,30-35(33)27(3,4)5)28(21-13-10-14-22-28)23-17-19-25(34-6)20-18-23/h9,11-12,15-20,30H,7-8,10,13-14,21-22H2,1-6H3/t29-,35?/m1/s1. The highest BCUT2D eigenvalue weighted by Gasteiger charge is 2.62. The Morgan fingerprint density at radius 2 is 1.57 bits per heavy atom. The molecule has 35 heavy (non-hydrogen) atoms. The summed E-state index contributed by atoms with van der Waals surface area (Å²) in [6, 6.07) is 18.1. The lowest BCUT2D eigenvalue weighted by molar-refractivity contribution is -0.142. The zero-order chi connectivity index (χ0) is 25.7. The number of ether oxygens (including phenoxy) is 1. The van der Waals surface area contributed by atoms with Gasteiger partial charge in [0.05, 0.1) is 7.11 Å². The Morgan fingerprint density at radius 1 is 1.00 bits per heavy atom. The minimum Gasteiger partial charge on any atom is -0.598 e. The number of methoxy groups -OCH3 is 1. The van der Waals surface area contributed by atoms with Crippen molar-refractivity contribution in [1.82, 2.24) is 9.62 Å². The largest absolute Gasteiger partial charge is 0.598 e. The molecule has 0 heterocycles. The number of carbonyl (C=O) groups is 1. The fourth-order valence-corrected chi connectivity index (χ4v) is 6.46. The lowest BCUT2D eigenvalue weighted by atomic mass is 9.55. The first-order valence-electron chi connectivity index (χ1n) is 12.9. The van der Waals surface area contributed by atoms with E-state index in [1.807, 2.05) is 82.0 Å². The van der Waals surface area contributed by atoms with E-state index in [0.717, 1.165) is 49.0 Å². The van der Waals surface area contributed by atoms with Gasteiger partial charge in [0, 0.05) is 29.9 Å². The summed E-state index contributed by atoms with van der Waals surface area (Å²) in [7, 11) is 1.66. The summed E-state index contributed by atoms with van der Waals surface area (Å²) in [4.78, 5) is 16.7. The lowest BCUT2D eigenvalue weighted by Crippen LogP contribution is -2.69. The van der Waals surface area contributed by atoms with E-state index in [9.17, 15) is 9.35 Å². The van der Waals surface area contributed by atoms with Crippen LogP contribution in [-0.2, 0) is 27.1 Å². The normalized spacial score (nSPS) is 18.4. The van der Waals surface area contributed by atoms with Gasteiger partial charge in [-0.15, -0.1) is 4.72 Å². The molecule has 0 aromatic heterocycles. The van der Waals surface area contributed by atoms with Crippen LogP contribution in [0.2, 0.25) is 0 Å². The van der Waals surface area contributed by atoms with Gasteiger partial charge in [0.1, 0.15) is 10.5 Å². The maximum atomic E-state index is 14.8. The Balaban J connectivity index is 2.40. The van der Waals surface area contributed by atoms with Crippen LogP contribution in [0.5, 0.6) is 5.75 Å². The van der Waals surface area contributed by atoms with E-state index < -0.39 is 27.1 Å². The predicted molar refractivity (Wildman–Crippen MR) is 145 cm³/mol. The highest BCUT2D eigenvalue weighted by molar-refractivity contribution is 7.90. The summed E-state index contributed by atoms with van der Waals surface area (Å²) in [5, 5.41) is 0. The van der Waals surface area contributed by atoms with Crippen molar-refractivity contribution >= 4 is 17.3 Å². The molecule has 1 fully saturated rings. The van der Waals surface area contributed by atoms with Gasteiger partial charge in [0.15, 0.2) is 5.54 Å². The van der Waals surface area contributed by atoms with Crippen molar-refractivity contribution in [2.75, 3.05) is 20.2 Å². The lowest BCUT2D eigenvalue weighted by Gasteiger charge is -2.53. The second-order valence-corrected chi connectivity index (χ2v) is 12.4. The van der Waals surface area contributed by atoms with E-state index >= 15 is 0 Å². The Morgan fingerprint density at radius 3 is 2.06 bits per heavy atom. The van der Waals surface area contributed by atoms with Gasteiger partial charge in [0.2, 0.25) is 0 Å². The molecule has 1 saturated carbocycles. The molecule has 0 bridgehead atoms. The Labute approximate surface area is 215 Å². The van der Waals surface area contributed by atoms with Crippen molar-refractivity contribution in [3.05, 3.63) is 65.7 Å². The zero-order valence-corrected chi connectivity index (χ0v) is 23.0. The molecular weight excluding hydrogens is 456 g/mol. The molecule has 1 aliphatic carbocycles. The summed E-state index contributed by atoms with van der Waals surface area (Å²) in [5.74, 6) is 0.773. The average molecular weight is 499 g/mol. The number of benzene rings is 2. The molecule has 0 saturated heterocycles. The van der Waals surface area contributed by atoms with Gasteiger partial charge >= 0.3 is 0 Å². The maximum Gasteiger partial charge on any atom is 0.252 e. The fraction of sp³-hybridized carbons (Fsp3) is 0.552. The molecule has 3 rings (SSSR count). The first-order valence-corrected chi connectivity index (χ1v) is 14.0. The molecule has 2 aromatic rings. The minimum absolute atomic E-state index is 0.0102. The van der Waals surface area contributed by atoms with Crippen molar-refractivity contribution in [3.8, 4) is 5.75 Å². The Hall–Kier alpha value is -2.02. The number of hydrogen-bond acceptors (Lipinski definition) is 4. The van der Waals surface area contributed by atoms with E-state index in [1.165, 1.54) is 0 Å².